The molecule has 0 aromatic heterocycles. The van der Waals surface area contributed by atoms with E-state index in [2.05, 4.69) is 29.3 Å². The smallest absolute Gasteiger partial charge is 0.220 e. The number of methoxy groups -OCH3 is 1. The van der Waals surface area contributed by atoms with Crippen molar-refractivity contribution >= 4 is 5.91 Å². The van der Waals surface area contributed by atoms with Gasteiger partial charge in [0.25, 0.3) is 0 Å². The molecule has 1 amide bonds. The molecule has 2 aromatic rings. The number of amides is 1. The van der Waals surface area contributed by atoms with Crippen LogP contribution >= 0.6 is 0 Å². The van der Waals surface area contributed by atoms with Gasteiger partial charge in [-0.1, -0.05) is 54.3 Å². The van der Waals surface area contributed by atoms with Crippen LogP contribution in [-0.2, 0) is 11.2 Å². The number of nitrogens with one attached hydrogen (secondary N) is 1. The first-order valence-corrected chi connectivity index (χ1v) is 8.32. The average molecular weight is 337 g/mol. The molecule has 0 saturated carbocycles. The Morgan fingerprint density at radius 2 is 1.72 bits per heavy atom. The molecule has 0 aliphatic carbocycles. The van der Waals surface area contributed by atoms with Crippen LogP contribution in [0.5, 0.6) is 11.5 Å². The Morgan fingerprint density at radius 3 is 2.48 bits per heavy atom. The van der Waals surface area contributed by atoms with E-state index in [-0.39, 0.29) is 12.5 Å². The molecule has 1 N–H and O–H groups in total. The highest BCUT2D eigenvalue weighted by Crippen LogP contribution is 2.25. The van der Waals surface area contributed by atoms with Crippen LogP contribution in [0.3, 0.4) is 0 Å². The Bertz CT molecular complexity index is 717. The maximum Gasteiger partial charge on any atom is 0.220 e. The number of hydrogen-bond acceptors (Lipinski definition) is 3. The standard InChI is InChI=1S/C21H23NO3/c1-24-19-13-5-6-14-20(19)25-17-8-7-16-22-21(23)15-9-12-18-10-3-2-4-11-18/h2-6,10-11,13-14H,9,12,15-17H2,1H3,(H,22,23). The lowest BCUT2D eigenvalue weighted by molar-refractivity contribution is -0.120. The van der Waals surface area contributed by atoms with Crippen molar-refractivity contribution < 1.29 is 14.3 Å². The first-order valence-electron chi connectivity index (χ1n) is 8.32. The molecular formula is C21H23NO3. The van der Waals surface area contributed by atoms with Crippen LogP contribution in [0.4, 0.5) is 0 Å². The summed E-state index contributed by atoms with van der Waals surface area (Å²) in [6.45, 7) is 0.587. The molecule has 0 aliphatic rings. The minimum atomic E-state index is 0.0240. The van der Waals surface area contributed by atoms with Gasteiger partial charge in [0.2, 0.25) is 5.91 Å². The van der Waals surface area contributed by atoms with E-state index < -0.39 is 0 Å². The highest BCUT2D eigenvalue weighted by molar-refractivity contribution is 5.76. The van der Waals surface area contributed by atoms with Gasteiger partial charge in [-0.25, -0.2) is 0 Å². The number of hydrogen-bond donors (Lipinski definition) is 1. The van der Waals surface area contributed by atoms with Crippen LogP contribution in [0.25, 0.3) is 0 Å². The second-order valence-electron chi connectivity index (χ2n) is 5.41. The van der Waals surface area contributed by atoms with Gasteiger partial charge in [0.05, 0.1) is 13.7 Å². The second kappa shape index (κ2) is 10.8. The van der Waals surface area contributed by atoms with Crippen molar-refractivity contribution in [3.63, 3.8) is 0 Å². The van der Waals surface area contributed by atoms with Crippen LogP contribution in [0, 0.1) is 11.8 Å². The maximum absolute atomic E-state index is 11.7. The van der Waals surface area contributed by atoms with E-state index in [1.54, 1.807) is 7.11 Å². The molecular weight excluding hydrogens is 314 g/mol. The minimum absolute atomic E-state index is 0.0240. The van der Waals surface area contributed by atoms with Crippen molar-refractivity contribution in [2.24, 2.45) is 0 Å². The van der Waals surface area contributed by atoms with Gasteiger partial charge in [-0.15, -0.1) is 0 Å². The molecule has 0 aliphatic heterocycles. The molecule has 4 heteroatoms. The summed E-state index contributed by atoms with van der Waals surface area (Å²) < 4.78 is 10.7. The number of carbonyl (C=O) groups excluding carboxylic acids is 1. The fraction of sp³-hybridized carbons (Fsp3) is 0.286. The van der Waals surface area contributed by atoms with Crippen molar-refractivity contribution in [1.82, 2.24) is 5.32 Å². The van der Waals surface area contributed by atoms with E-state index in [0.717, 1.165) is 12.8 Å². The number of rotatable bonds is 8. The Hall–Kier alpha value is -2.93. The van der Waals surface area contributed by atoms with Gasteiger partial charge in [0.15, 0.2) is 11.5 Å². The fourth-order valence-corrected chi connectivity index (χ4v) is 2.29. The lowest BCUT2D eigenvalue weighted by atomic mass is 10.1. The molecule has 0 heterocycles. The Kier molecular flexibility index (Phi) is 7.93. The molecule has 0 fully saturated rings. The highest BCUT2D eigenvalue weighted by Gasteiger charge is 2.01. The van der Waals surface area contributed by atoms with Gasteiger partial charge in [0, 0.05) is 6.42 Å². The van der Waals surface area contributed by atoms with Gasteiger partial charge in [-0.2, -0.15) is 0 Å². The van der Waals surface area contributed by atoms with E-state index >= 15 is 0 Å². The molecule has 0 atom stereocenters. The molecule has 2 rings (SSSR count). The van der Waals surface area contributed by atoms with Crippen molar-refractivity contribution in [3.8, 4) is 23.3 Å². The lowest BCUT2D eigenvalue weighted by Gasteiger charge is -2.07. The van der Waals surface area contributed by atoms with E-state index in [1.165, 1.54) is 5.56 Å². The van der Waals surface area contributed by atoms with Gasteiger partial charge in [-0.05, 0) is 30.5 Å². The molecule has 25 heavy (non-hydrogen) atoms. The Morgan fingerprint density at radius 1 is 1.00 bits per heavy atom. The summed E-state index contributed by atoms with van der Waals surface area (Å²) in [5.74, 6) is 7.12. The van der Waals surface area contributed by atoms with Crippen molar-refractivity contribution in [3.05, 3.63) is 60.2 Å². The summed E-state index contributed by atoms with van der Waals surface area (Å²) in [5.41, 5.74) is 1.25. The number of carbonyl (C=O) groups is 1. The maximum atomic E-state index is 11.7. The molecule has 0 bridgehead atoms. The molecule has 4 nitrogen and oxygen atoms in total. The van der Waals surface area contributed by atoms with Crippen molar-refractivity contribution in [2.45, 2.75) is 19.3 Å². The van der Waals surface area contributed by atoms with Gasteiger partial charge < -0.3 is 14.8 Å². The average Bonchev–Trinajstić information content (AvgIpc) is 2.65. The molecule has 2 aromatic carbocycles. The lowest BCUT2D eigenvalue weighted by Crippen LogP contribution is -2.23. The predicted molar refractivity (Wildman–Crippen MR) is 98.7 cm³/mol. The number of aryl methyl sites for hydroxylation is 1. The zero-order valence-corrected chi connectivity index (χ0v) is 14.5. The molecule has 0 unspecified atom stereocenters. The third kappa shape index (κ3) is 7.01. The summed E-state index contributed by atoms with van der Waals surface area (Å²) in [6.07, 6.45) is 2.25. The van der Waals surface area contributed by atoms with Gasteiger partial charge >= 0.3 is 0 Å². The summed E-state index contributed by atoms with van der Waals surface area (Å²) in [7, 11) is 1.60. The van der Waals surface area contributed by atoms with Gasteiger partial charge in [0.1, 0.15) is 6.61 Å². The third-order valence-corrected chi connectivity index (χ3v) is 3.58. The summed E-state index contributed by atoms with van der Waals surface area (Å²) in [5, 5.41) is 2.80. The first kappa shape index (κ1) is 18.4. The van der Waals surface area contributed by atoms with E-state index in [0.29, 0.717) is 24.5 Å². The van der Waals surface area contributed by atoms with Crippen LogP contribution in [0.1, 0.15) is 18.4 Å². The molecule has 0 spiro atoms. The SMILES string of the molecule is COc1ccccc1OCC#CCNC(=O)CCCc1ccccc1. The van der Waals surface area contributed by atoms with Crippen LogP contribution in [0.2, 0.25) is 0 Å². The normalized spacial score (nSPS) is 9.64. The van der Waals surface area contributed by atoms with E-state index in [9.17, 15) is 4.79 Å². The zero-order chi connectivity index (χ0) is 17.7. The summed E-state index contributed by atoms with van der Waals surface area (Å²) in [4.78, 5) is 11.7. The zero-order valence-electron chi connectivity index (χ0n) is 14.5. The molecule has 0 radical (unpaired) electrons. The number of para-hydroxylation sites is 2. The van der Waals surface area contributed by atoms with Crippen LogP contribution in [0.15, 0.2) is 54.6 Å². The number of ether oxygens (including phenoxy) is 2. The topological polar surface area (TPSA) is 47.6 Å². The third-order valence-electron chi connectivity index (χ3n) is 3.58. The predicted octanol–water partition coefficient (Wildman–Crippen LogP) is 3.22. The molecule has 0 saturated heterocycles. The largest absolute Gasteiger partial charge is 0.493 e. The monoisotopic (exact) mass is 337 g/mol. The van der Waals surface area contributed by atoms with Crippen LogP contribution < -0.4 is 14.8 Å². The summed E-state index contributed by atoms with van der Waals surface area (Å²) in [6, 6.07) is 17.6. The summed E-state index contributed by atoms with van der Waals surface area (Å²) >= 11 is 0. The fourth-order valence-electron chi connectivity index (χ4n) is 2.29. The van der Waals surface area contributed by atoms with Crippen molar-refractivity contribution in [1.29, 1.82) is 0 Å². The minimum Gasteiger partial charge on any atom is -0.493 e. The van der Waals surface area contributed by atoms with E-state index in [4.69, 9.17) is 9.47 Å². The van der Waals surface area contributed by atoms with Crippen molar-refractivity contribution in [2.75, 3.05) is 20.3 Å². The highest BCUT2D eigenvalue weighted by atomic mass is 16.5. The van der Waals surface area contributed by atoms with E-state index in [1.807, 2.05) is 42.5 Å². The Labute approximate surface area is 149 Å². The van der Waals surface area contributed by atoms with Gasteiger partial charge in [-0.3, -0.25) is 4.79 Å². The quantitative estimate of drug-likeness (QED) is 0.753. The second-order valence-corrected chi connectivity index (χ2v) is 5.41. The number of benzene rings is 2. The Balaban J connectivity index is 1.59. The van der Waals surface area contributed by atoms with Crippen LogP contribution in [-0.4, -0.2) is 26.2 Å². The first-order chi connectivity index (χ1) is 12.3. The molecule has 130 valence electrons.